The summed E-state index contributed by atoms with van der Waals surface area (Å²) in [5.41, 5.74) is 1.88. The third kappa shape index (κ3) is 4.14. The maximum absolute atomic E-state index is 13.1. The number of hydrogen-bond acceptors (Lipinski definition) is 4. The molecule has 0 unspecified atom stereocenters. The van der Waals surface area contributed by atoms with E-state index in [-0.39, 0.29) is 12.5 Å². The number of carbonyl (C=O) groups is 1. The first-order chi connectivity index (χ1) is 14.2. The number of para-hydroxylation sites is 2. The fraction of sp³-hybridized carbons (Fsp3) is 0.0909. The highest BCUT2D eigenvalue weighted by atomic mass is 16.2. The van der Waals surface area contributed by atoms with E-state index in [9.17, 15) is 9.59 Å². The van der Waals surface area contributed by atoms with Gasteiger partial charge in [0.1, 0.15) is 6.54 Å². The highest BCUT2D eigenvalue weighted by molar-refractivity contribution is 5.93. The molecule has 7 heteroatoms. The highest BCUT2D eigenvalue weighted by Crippen LogP contribution is 2.17. The van der Waals surface area contributed by atoms with Crippen LogP contribution in [-0.4, -0.2) is 25.7 Å². The van der Waals surface area contributed by atoms with Gasteiger partial charge in [0.05, 0.1) is 12.2 Å². The molecule has 0 aliphatic rings. The smallest absolute Gasteiger partial charge is 0.306 e. The van der Waals surface area contributed by atoms with Crippen LogP contribution in [0.2, 0.25) is 0 Å². The lowest BCUT2D eigenvalue weighted by Crippen LogP contribution is -2.37. The largest absolute Gasteiger partial charge is 0.368 e. The van der Waals surface area contributed by atoms with E-state index in [1.54, 1.807) is 17.0 Å². The van der Waals surface area contributed by atoms with Crippen LogP contribution in [-0.2, 0) is 17.9 Å². The predicted octanol–water partition coefficient (Wildman–Crippen LogP) is 2.66. The molecule has 0 atom stereocenters. The van der Waals surface area contributed by atoms with Gasteiger partial charge in [0.15, 0.2) is 0 Å². The van der Waals surface area contributed by atoms with Crippen LogP contribution in [0.15, 0.2) is 95.8 Å². The Kier molecular flexibility index (Phi) is 5.29. The average molecular weight is 385 g/mol. The van der Waals surface area contributed by atoms with E-state index in [1.165, 1.54) is 4.68 Å². The Morgan fingerprint density at radius 1 is 0.793 bits per heavy atom. The Morgan fingerprint density at radius 2 is 1.38 bits per heavy atom. The molecule has 3 aromatic carbocycles. The number of tetrazole rings is 1. The van der Waals surface area contributed by atoms with Crippen molar-refractivity contribution in [3.63, 3.8) is 0 Å². The third-order valence-electron chi connectivity index (χ3n) is 4.48. The number of aromatic nitrogens is 4. The van der Waals surface area contributed by atoms with Crippen molar-refractivity contribution in [3.05, 3.63) is 107 Å². The standard InChI is InChI=1S/C22H19N5O2/c28-21(17-26-22(29)27(24-23-26)20-14-8-3-9-15-20)25(19-12-6-2-7-13-19)16-18-10-4-1-5-11-18/h1-15H,16-17H2. The Morgan fingerprint density at radius 3 is 2.03 bits per heavy atom. The summed E-state index contributed by atoms with van der Waals surface area (Å²) in [4.78, 5) is 27.4. The molecule has 7 nitrogen and oxygen atoms in total. The van der Waals surface area contributed by atoms with Crippen LogP contribution in [0.3, 0.4) is 0 Å². The predicted molar refractivity (Wildman–Crippen MR) is 110 cm³/mol. The van der Waals surface area contributed by atoms with Gasteiger partial charge in [-0.3, -0.25) is 4.79 Å². The Balaban J connectivity index is 1.60. The summed E-state index contributed by atoms with van der Waals surface area (Å²) in [6.45, 7) is 0.193. The Labute approximate surface area is 167 Å². The van der Waals surface area contributed by atoms with Crippen molar-refractivity contribution >= 4 is 11.6 Å². The second-order valence-electron chi connectivity index (χ2n) is 6.47. The summed E-state index contributed by atoms with van der Waals surface area (Å²) in [6.07, 6.45) is 0. The van der Waals surface area contributed by atoms with Crippen LogP contribution < -0.4 is 10.6 Å². The van der Waals surface area contributed by atoms with Gasteiger partial charge < -0.3 is 4.90 Å². The number of carbonyl (C=O) groups excluding carboxylic acids is 1. The van der Waals surface area contributed by atoms with Crippen molar-refractivity contribution in [2.75, 3.05) is 4.90 Å². The summed E-state index contributed by atoms with van der Waals surface area (Å²) in [6, 6.07) is 28.1. The Hall–Kier alpha value is -4.00. The second-order valence-corrected chi connectivity index (χ2v) is 6.47. The number of benzene rings is 3. The molecule has 1 heterocycles. The lowest BCUT2D eigenvalue weighted by Gasteiger charge is -2.22. The normalized spacial score (nSPS) is 10.6. The maximum atomic E-state index is 13.1. The third-order valence-corrected chi connectivity index (χ3v) is 4.48. The van der Waals surface area contributed by atoms with Crippen molar-refractivity contribution in [2.24, 2.45) is 0 Å². The highest BCUT2D eigenvalue weighted by Gasteiger charge is 2.19. The first-order valence-electron chi connectivity index (χ1n) is 9.20. The molecule has 0 saturated heterocycles. The van der Waals surface area contributed by atoms with Gasteiger partial charge in [-0.15, -0.1) is 0 Å². The minimum atomic E-state index is -0.461. The molecule has 4 aromatic rings. The first-order valence-corrected chi connectivity index (χ1v) is 9.20. The summed E-state index contributed by atoms with van der Waals surface area (Å²) in [7, 11) is 0. The van der Waals surface area contributed by atoms with E-state index in [1.807, 2.05) is 78.9 Å². The average Bonchev–Trinajstić information content (AvgIpc) is 3.14. The first kappa shape index (κ1) is 18.4. The second kappa shape index (κ2) is 8.35. The number of anilines is 1. The minimum absolute atomic E-state index is 0.201. The van der Waals surface area contributed by atoms with Crippen LogP contribution in [0.4, 0.5) is 5.69 Å². The lowest BCUT2D eigenvalue weighted by atomic mass is 10.2. The molecule has 0 fully saturated rings. The van der Waals surface area contributed by atoms with E-state index < -0.39 is 5.69 Å². The Bertz CT molecular complexity index is 1140. The molecule has 0 aliphatic carbocycles. The van der Waals surface area contributed by atoms with Gasteiger partial charge >= 0.3 is 5.69 Å². The topological polar surface area (TPSA) is 73.0 Å². The fourth-order valence-corrected chi connectivity index (χ4v) is 3.02. The number of hydrogen-bond donors (Lipinski definition) is 0. The maximum Gasteiger partial charge on any atom is 0.368 e. The zero-order valence-electron chi connectivity index (χ0n) is 15.6. The fourth-order valence-electron chi connectivity index (χ4n) is 3.02. The molecule has 1 aromatic heterocycles. The van der Waals surface area contributed by atoms with Gasteiger partial charge in [-0.2, -0.15) is 9.36 Å². The van der Waals surface area contributed by atoms with Gasteiger partial charge in [-0.25, -0.2) is 4.79 Å². The number of rotatable bonds is 6. The molecule has 4 rings (SSSR count). The molecular weight excluding hydrogens is 366 g/mol. The molecule has 144 valence electrons. The molecule has 0 saturated carbocycles. The molecule has 0 N–H and O–H groups in total. The van der Waals surface area contributed by atoms with Crippen LogP contribution in [0.5, 0.6) is 0 Å². The molecule has 0 spiro atoms. The zero-order chi connectivity index (χ0) is 20.1. The summed E-state index contributed by atoms with van der Waals surface area (Å²) >= 11 is 0. The van der Waals surface area contributed by atoms with Crippen LogP contribution >= 0.6 is 0 Å². The van der Waals surface area contributed by atoms with Gasteiger partial charge in [0, 0.05) is 5.69 Å². The lowest BCUT2D eigenvalue weighted by molar-refractivity contribution is -0.119. The van der Waals surface area contributed by atoms with Crippen molar-refractivity contribution in [1.82, 2.24) is 19.8 Å². The van der Waals surface area contributed by atoms with Crippen LogP contribution in [0.1, 0.15) is 5.56 Å². The molecule has 0 radical (unpaired) electrons. The minimum Gasteiger partial charge on any atom is -0.306 e. The molecule has 0 aliphatic heterocycles. The van der Waals surface area contributed by atoms with E-state index >= 15 is 0 Å². The van der Waals surface area contributed by atoms with Crippen LogP contribution in [0, 0.1) is 0 Å². The van der Waals surface area contributed by atoms with E-state index in [0.29, 0.717) is 12.2 Å². The van der Waals surface area contributed by atoms with Crippen molar-refractivity contribution in [1.29, 1.82) is 0 Å². The molecule has 0 bridgehead atoms. The number of nitrogens with zero attached hydrogens (tertiary/aromatic N) is 5. The molecule has 1 amide bonds. The zero-order valence-corrected chi connectivity index (χ0v) is 15.6. The molecular formula is C22H19N5O2. The quantitative estimate of drug-likeness (QED) is 0.512. The van der Waals surface area contributed by atoms with E-state index in [4.69, 9.17) is 0 Å². The monoisotopic (exact) mass is 385 g/mol. The summed E-state index contributed by atoms with van der Waals surface area (Å²) < 4.78 is 2.26. The van der Waals surface area contributed by atoms with Gasteiger partial charge in [-0.05, 0) is 40.3 Å². The number of amides is 1. The van der Waals surface area contributed by atoms with Gasteiger partial charge in [0.25, 0.3) is 0 Å². The van der Waals surface area contributed by atoms with Gasteiger partial charge in [-0.1, -0.05) is 66.7 Å². The van der Waals surface area contributed by atoms with Crippen molar-refractivity contribution in [3.8, 4) is 5.69 Å². The van der Waals surface area contributed by atoms with E-state index in [0.717, 1.165) is 15.9 Å². The summed E-state index contributed by atoms with van der Waals surface area (Å²) in [5, 5.41) is 7.79. The van der Waals surface area contributed by atoms with Gasteiger partial charge in [0.2, 0.25) is 5.91 Å². The SMILES string of the molecule is O=C(Cn1nnn(-c2ccccc2)c1=O)N(Cc1ccccc1)c1ccccc1. The van der Waals surface area contributed by atoms with Crippen molar-refractivity contribution < 1.29 is 4.79 Å². The summed E-state index contributed by atoms with van der Waals surface area (Å²) in [5.74, 6) is -0.248. The van der Waals surface area contributed by atoms with Crippen LogP contribution in [0.25, 0.3) is 5.69 Å². The van der Waals surface area contributed by atoms with Crippen molar-refractivity contribution in [2.45, 2.75) is 13.1 Å². The van der Waals surface area contributed by atoms with E-state index in [2.05, 4.69) is 10.4 Å². The molecule has 29 heavy (non-hydrogen) atoms.